The first-order chi connectivity index (χ1) is 11.8. The lowest BCUT2D eigenvalue weighted by Crippen LogP contribution is -2.37. The largest absolute Gasteiger partial charge is 0.289 e. The lowest BCUT2D eigenvalue weighted by atomic mass is 10.1. The fourth-order valence-electron chi connectivity index (χ4n) is 2.51. The summed E-state index contributed by atoms with van der Waals surface area (Å²) >= 11 is 6.95. The molecule has 0 saturated heterocycles. The van der Waals surface area contributed by atoms with Crippen molar-refractivity contribution < 1.29 is 18.4 Å². The fraction of sp³-hybridized carbons (Fsp3) is 0.438. The Morgan fingerprint density at radius 1 is 1.16 bits per heavy atom. The van der Waals surface area contributed by atoms with E-state index in [0.717, 1.165) is 29.3 Å². The first-order valence-electron chi connectivity index (χ1n) is 7.78. The smallest absolute Gasteiger partial charge is 0.261 e. The van der Waals surface area contributed by atoms with E-state index >= 15 is 0 Å². The molecule has 9 heteroatoms. The van der Waals surface area contributed by atoms with Gasteiger partial charge < -0.3 is 0 Å². The van der Waals surface area contributed by atoms with Gasteiger partial charge in [-0.2, -0.15) is 0 Å². The quantitative estimate of drug-likeness (QED) is 0.329. The highest BCUT2D eigenvalue weighted by atomic mass is 79.9. The third-order valence-corrected chi connectivity index (χ3v) is 8.23. The number of hydrogen-bond acceptors (Lipinski definition) is 6. The molecule has 2 heterocycles. The van der Waals surface area contributed by atoms with Crippen LogP contribution in [-0.4, -0.2) is 31.0 Å². The zero-order chi connectivity index (χ0) is 18.4. The van der Waals surface area contributed by atoms with E-state index in [1.807, 2.05) is 6.07 Å². The SMILES string of the molecule is CS(=O)(=O)C(CCCCCc1ccc(-c2ccc(Br)s2)s1)C(=O)NO. The summed E-state index contributed by atoms with van der Waals surface area (Å²) in [5.41, 5.74) is 1.44. The summed E-state index contributed by atoms with van der Waals surface area (Å²) in [6.07, 6.45) is 4.58. The van der Waals surface area contributed by atoms with Gasteiger partial charge in [0.15, 0.2) is 9.84 Å². The molecule has 0 aliphatic carbocycles. The molecule has 0 saturated carbocycles. The van der Waals surface area contributed by atoms with Gasteiger partial charge in [-0.3, -0.25) is 10.0 Å². The summed E-state index contributed by atoms with van der Waals surface area (Å²) in [6, 6.07) is 8.40. The van der Waals surface area contributed by atoms with Crippen molar-refractivity contribution in [1.29, 1.82) is 0 Å². The third-order valence-electron chi connectivity index (χ3n) is 3.79. The number of hydroxylamine groups is 1. The van der Waals surface area contributed by atoms with Crippen LogP contribution < -0.4 is 5.48 Å². The number of halogens is 1. The van der Waals surface area contributed by atoms with Crippen molar-refractivity contribution in [3.63, 3.8) is 0 Å². The lowest BCUT2D eigenvalue weighted by Gasteiger charge is -2.12. The lowest BCUT2D eigenvalue weighted by molar-refractivity contribution is -0.128. The maximum atomic E-state index is 11.6. The Bertz CT molecular complexity index is 813. The van der Waals surface area contributed by atoms with Crippen LogP contribution in [-0.2, 0) is 21.1 Å². The predicted molar refractivity (Wildman–Crippen MR) is 106 cm³/mol. The van der Waals surface area contributed by atoms with Crippen LogP contribution in [0.5, 0.6) is 0 Å². The summed E-state index contributed by atoms with van der Waals surface area (Å²) in [7, 11) is -3.51. The molecule has 0 fully saturated rings. The number of carbonyl (C=O) groups excluding carboxylic acids is 1. The van der Waals surface area contributed by atoms with Crippen LogP contribution in [0.3, 0.4) is 0 Å². The first-order valence-corrected chi connectivity index (χ1v) is 12.2. The molecular weight excluding hydrogens is 446 g/mol. The molecule has 2 aromatic heterocycles. The fourth-order valence-corrected chi connectivity index (χ4v) is 6.07. The molecular formula is C16H20BrNO4S3. The number of unbranched alkanes of at least 4 members (excludes halogenated alkanes) is 2. The van der Waals surface area contributed by atoms with Gasteiger partial charge in [0.25, 0.3) is 5.91 Å². The van der Waals surface area contributed by atoms with Crippen LogP contribution in [0, 0.1) is 0 Å². The van der Waals surface area contributed by atoms with Gasteiger partial charge in [0.1, 0.15) is 5.25 Å². The molecule has 2 aromatic rings. The molecule has 0 aliphatic heterocycles. The van der Waals surface area contributed by atoms with Crippen LogP contribution in [0.1, 0.15) is 30.6 Å². The standard InChI is InChI=1S/C16H20BrNO4S3/c1-25(21,22)14(16(19)18-20)6-4-2-3-5-11-7-8-12(23-11)13-9-10-15(17)24-13/h7-10,14,20H,2-6H2,1H3,(H,18,19). The van der Waals surface area contributed by atoms with Crippen LogP contribution in [0.15, 0.2) is 28.1 Å². The van der Waals surface area contributed by atoms with E-state index in [2.05, 4.69) is 34.1 Å². The second-order valence-corrected chi connectivity index (χ2v) is 11.6. The molecule has 0 aromatic carbocycles. The summed E-state index contributed by atoms with van der Waals surface area (Å²) in [6.45, 7) is 0. The summed E-state index contributed by atoms with van der Waals surface area (Å²) in [5.74, 6) is -0.854. The number of amides is 1. The molecule has 0 aliphatic rings. The van der Waals surface area contributed by atoms with Crippen LogP contribution in [0.25, 0.3) is 9.75 Å². The van der Waals surface area contributed by atoms with Gasteiger partial charge in [-0.25, -0.2) is 13.9 Å². The molecule has 5 nitrogen and oxygen atoms in total. The van der Waals surface area contributed by atoms with E-state index in [1.54, 1.807) is 22.7 Å². The van der Waals surface area contributed by atoms with Gasteiger partial charge in [-0.05, 0) is 59.5 Å². The molecule has 1 amide bonds. The molecule has 1 atom stereocenters. The van der Waals surface area contributed by atoms with Crippen molar-refractivity contribution in [3.8, 4) is 9.75 Å². The second kappa shape index (κ2) is 9.27. The zero-order valence-corrected chi connectivity index (χ0v) is 17.7. The Hall–Kier alpha value is -0.740. The minimum absolute atomic E-state index is 0.226. The highest BCUT2D eigenvalue weighted by Gasteiger charge is 2.27. The van der Waals surface area contributed by atoms with Crippen molar-refractivity contribution in [2.45, 2.75) is 37.4 Å². The Kier molecular flexibility index (Phi) is 7.63. The number of rotatable bonds is 9. The number of aryl methyl sites for hydroxylation is 1. The summed E-state index contributed by atoms with van der Waals surface area (Å²) in [5, 5.41) is 7.48. The van der Waals surface area contributed by atoms with Crippen LogP contribution in [0.2, 0.25) is 0 Å². The van der Waals surface area contributed by atoms with E-state index in [4.69, 9.17) is 5.21 Å². The van der Waals surface area contributed by atoms with Crippen molar-refractivity contribution in [3.05, 3.63) is 32.9 Å². The minimum Gasteiger partial charge on any atom is -0.289 e. The number of sulfone groups is 1. The highest BCUT2D eigenvalue weighted by molar-refractivity contribution is 9.11. The molecule has 138 valence electrons. The van der Waals surface area contributed by atoms with Gasteiger partial charge in [-0.1, -0.05) is 12.8 Å². The van der Waals surface area contributed by atoms with Gasteiger partial charge in [0.05, 0.1) is 3.79 Å². The maximum absolute atomic E-state index is 11.6. The molecule has 0 spiro atoms. The Balaban J connectivity index is 1.78. The number of nitrogens with one attached hydrogen (secondary N) is 1. The van der Waals surface area contributed by atoms with Crippen LogP contribution in [0.4, 0.5) is 0 Å². The topological polar surface area (TPSA) is 83.5 Å². The second-order valence-electron chi connectivity index (χ2n) is 5.76. The third kappa shape index (κ3) is 6.18. The first kappa shape index (κ1) is 20.6. The van der Waals surface area contributed by atoms with Crippen molar-refractivity contribution in [1.82, 2.24) is 5.48 Å². The van der Waals surface area contributed by atoms with E-state index in [1.165, 1.54) is 20.1 Å². The minimum atomic E-state index is -3.51. The average Bonchev–Trinajstić information content (AvgIpc) is 3.17. The van der Waals surface area contributed by atoms with Crippen molar-refractivity contribution in [2.75, 3.05) is 6.26 Å². The van der Waals surface area contributed by atoms with E-state index < -0.39 is 21.0 Å². The van der Waals surface area contributed by atoms with Gasteiger partial charge in [0, 0.05) is 20.9 Å². The van der Waals surface area contributed by atoms with Gasteiger partial charge in [0.2, 0.25) is 0 Å². The molecule has 2 rings (SSSR count). The average molecular weight is 466 g/mol. The molecule has 0 radical (unpaired) electrons. The Morgan fingerprint density at radius 2 is 1.84 bits per heavy atom. The monoisotopic (exact) mass is 465 g/mol. The van der Waals surface area contributed by atoms with Crippen LogP contribution >= 0.6 is 38.6 Å². The molecule has 1 unspecified atom stereocenters. The van der Waals surface area contributed by atoms with Gasteiger partial charge >= 0.3 is 0 Å². The summed E-state index contributed by atoms with van der Waals surface area (Å²) in [4.78, 5) is 15.2. The molecule has 0 bridgehead atoms. The molecule has 25 heavy (non-hydrogen) atoms. The van der Waals surface area contributed by atoms with Crippen molar-refractivity contribution in [2.24, 2.45) is 0 Å². The Labute approximate surface area is 164 Å². The Morgan fingerprint density at radius 3 is 2.44 bits per heavy atom. The number of hydrogen-bond donors (Lipinski definition) is 2. The predicted octanol–water partition coefficient (Wildman–Crippen LogP) is 4.26. The molecule has 2 N–H and O–H groups in total. The maximum Gasteiger partial charge on any atom is 0.261 e. The number of thiophene rings is 2. The normalized spacial score (nSPS) is 12.9. The number of carbonyl (C=O) groups is 1. The zero-order valence-electron chi connectivity index (χ0n) is 13.7. The van der Waals surface area contributed by atoms with E-state index in [9.17, 15) is 13.2 Å². The summed E-state index contributed by atoms with van der Waals surface area (Å²) < 4.78 is 24.3. The van der Waals surface area contributed by atoms with E-state index in [0.29, 0.717) is 6.42 Å². The highest BCUT2D eigenvalue weighted by Crippen LogP contribution is 2.36. The van der Waals surface area contributed by atoms with E-state index in [-0.39, 0.29) is 6.42 Å². The van der Waals surface area contributed by atoms with Gasteiger partial charge in [-0.15, -0.1) is 22.7 Å². The van der Waals surface area contributed by atoms with Crippen molar-refractivity contribution >= 4 is 54.3 Å².